The van der Waals surface area contributed by atoms with Crippen LogP contribution in [0.1, 0.15) is 26.3 Å². The zero-order valence-electron chi connectivity index (χ0n) is 17.9. The SMILES string of the molecule is CC(=O)Nc1cc(Cl)ccc1OCC(=O)N1C[C@@H](C)N(Cc2ccc(F)cc2)C[C@@H]1C. The molecule has 1 N–H and O–H groups in total. The van der Waals surface area contributed by atoms with Crippen molar-refractivity contribution in [1.82, 2.24) is 9.80 Å². The van der Waals surface area contributed by atoms with Gasteiger partial charge in [0.25, 0.3) is 5.91 Å². The number of benzene rings is 2. The Bertz CT molecular complexity index is 938. The number of hydrogen-bond acceptors (Lipinski definition) is 4. The van der Waals surface area contributed by atoms with Crippen molar-refractivity contribution in [3.05, 3.63) is 58.9 Å². The van der Waals surface area contributed by atoms with Gasteiger partial charge in [-0.1, -0.05) is 23.7 Å². The monoisotopic (exact) mass is 447 g/mol. The van der Waals surface area contributed by atoms with Crippen molar-refractivity contribution in [2.45, 2.75) is 39.4 Å². The van der Waals surface area contributed by atoms with Crippen molar-refractivity contribution < 1.29 is 18.7 Å². The number of hydrogen-bond donors (Lipinski definition) is 1. The van der Waals surface area contributed by atoms with E-state index in [0.29, 0.717) is 36.1 Å². The number of carbonyl (C=O) groups is 2. The fourth-order valence-corrected chi connectivity index (χ4v) is 3.90. The van der Waals surface area contributed by atoms with Gasteiger partial charge in [0.2, 0.25) is 5.91 Å². The summed E-state index contributed by atoms with van der Waals surface area (Å²) in [6, 6.07) is 11.5. The molecule has 166 valence electrons. The normalized spacial score (nSPS) is 19.2. The summed E-state index contributed by atoms with van der Waals surface area (Å²) in [6.45, 7) is 7.33. The Hall–Kier alpha value is -2.64. The quantitative estimate of drug-likeness (QED) is 0.728. The first-order valence-electron chi connectivity index (χ1n) is 10.2. The van der Waals surface area contributed by atoms with Gasteiger partial charge in [-0.15, -0.1) is 0 Å². The molecule has 0 bridgehead atoms. The van der Waals surface area contributed by atoms with Crippen LogP contribution in [-0.4, -0.2) is 53.4 Å². The number of nitrogens with one attached hydrogen (secondary N) is 1. The van der Waals surface area contributed by atoms with Gasteiger partial charge in [-0.3, -0.25) is 14.5 Å². The summed E-state index contributed by atoms with van der Waals surface area (Å²) in [5.41, 5.74) is 1.47. The number of ether oxygens (including phenoxy) is 1. The predicted octanol–water partition coefficient (Wildman–Crippen LogP) is 3.94. The van der Waals surface area contributed by atoms with E-state index in [1.807, 2.05) is 11.8 Å². The van der Waals surface area contributed by atoms with E-state index in [0.717, 1.165) is 5.56 Å². The van der Waals surface area contributed by atoms with Gasteiger partial charge >= 0.3 is 0 Å². The van der Waals surface area contributed by atoms with Crippen LogP contribution in [0.5, 0.6) is 5.75 Å². The third-order valence-corrected chi connectivity index (χ3v) is 5.57. The topological polar surface area (TPSA) is 61.9 Å². The Kier molecular flexibility index (Phi) is 7.51. The molecule has 0 aromatic heterocycles. The molecule has 0 aliphatic carbocycles. The number of piperazine rings is 1. The van der Waals surface area contributed by atoms with Crippen LogP contribution in [0.15, 0.2) is 42.5 Å². The second-order valence-corrected chi connectivity index (χ2v) is 8.35. The zero-order valence-corrected chi connectivity index (χ0v) is 18.7. The molecule has 2 aromatic rings. The van der Waals surface area contributed by atoms with E-state index >= 15 is 0 Å². The molecule has 31 heavy (non-hydrogen) atoms. The molecule has 1 fully saturated rings. The summed E-state index contributed by atoms with van der Waals surface area (Å²) in [6.07, 6.45) is 0. The highest BCUT2D eigenvalue weighted by Gasteiger charge is 2.32. The van der Waals surface area contributed by atoms with Gasteiger partial charge in [0.1, 0.15) is 11.6 Å². The van der Waals surface area contributed by atoms with E-state index in [1.165, 1.54) is 19.1 Å². The van der Waals surface area contributed by atoms with Crippen molar-refractivity contribution in [3.63, 3.8) is 0 Å². The molecule has 2 aromatic carbocycles. The van der Waals surface area contributed by atoms with Gasteiger partial charge in [0.05, 0.1) is 5.69 Å². The van der Waals surface area contributed by atoms with Crippen molar-refractivity contribution in [3.8, 4) is 5.75 Å². The van der Waals surface area contributed by atoms with Crippen LogP contribution in [0.25, 0.3) is 0 Å². The zero-order chi connectivity index (χ0) is 22.5. The van der Waals surface area contributed by atoms with Crippen LogP contribution < -0.4 is 10.1 Å². The van der Waals surface area contributed by atoms with E-state index in [2.05, 4.69) is 17.1 Å². The highest BCUT2D eigenvalue weighted by Crippen LogP contribution is 2.28. The Labute approximate surface area is 186 Å². The summed E-state index contributed by atoms with van der Waals surface area (Å²) < 4.78 is 18.9. The molecule has 1 aliphatic rings. The summed E-state index contributed by atoms with van der Waals surface area (Å²) in [4.78, 5) is 28.4. The molecular weight excluding hydrogens is 421 g/mol. The van der Waals surface area contributed by atoms with Crippen LogP contribution in [0.4, 0.5) is 10.1 Å². The van der Waals surface area contributed by atoms with Crippen LogP contribution in [0.3, 0.4) is 0 Å². The maximum absolute atomic E-state index is 13.1. The molecule has 0 radical (unpaired) electrons. The van der Waals surface area contributed by atoms with Gasteiger partial charge in [-0.2, -0.15) is 0 Å². The lowest BCUT2D eigenvalue weighted by Crippen LogP contribution is -2.58. The average molecular weight is 448 g/mol. The molecule has 1 aliphatic heterocycles. The first kappa shape index (κ1) is 23.0. The van der Waals surface area contributed by atoms with E-state index in [1.54, 1.807) is 30.3 Å². The largest absolute Gasteiger partial charge is 0.482 e. The molecule has 1 saturated heterocycles. The molecular formula is C23H27ClFN3O3. The lowest BCUT2D eigenvalue weighted by molar-refractivity contribution is -0.139. The molecule has 0 spiro atoms. The first-order chi connectivity index (χ1) is 14.7. The minimum absolute atomic E-state index is 0.00720. The van der Waals surface area contributed by atoms with Crippen LogP contribution in [0.2, 0.25) is 5.02 Å². The second kappa shape index (κ2) is 10.1. The Morgan fingerprint density at radius 1 is 1.13 bits per heavy atom. The summed E-state index contributed by atoms with van der Waals surface area (Å²) in [5, 5.41) is 3.12. The van der Waals surface area contributed by atoms with E-state index in [-0.39, 0.29) is 36.3 Å². The molecule has 6 nitrogen and oxygen atoms in total. The van der Waals surface area contributed by atoms with E-state index in [9.17, 15) is 14.0 Å². The molecule has 3 rings (SSSR count). The van der Waals surface area contributed by atoms with Crippen molar-refractivity contribution in [2.24, 2.45) is 0 Å². The lowest BCUT2D eigenvalue weighted by Gasteiger charge is -2.44. The Balaban J connectivity index is 1.59. The molecule has 2 amide bonds. The smallest absolute Gasteiger partial charge is 0.260 e. The lowest BCUT2D eigenvalue weighted by atomic mass is 10.1. The molecule has 1 heterocycles. The fraction of sp³-hybridized carbons (Fsp3) is 0.391. The van der Waals surface area contributed by atoms with Gasteiger partial charge in [0, 0.05) is 43.7 Å². The molecule has 0 unspecified atom stereocenters. The average Bonchev–Trinajstić information content (AvgIpc) is 2.71. The minimum Gasteiger partial charge on any atom is -0.482 e. The standard InChI is InChI=1S/C23H27ClFN3O3/c1-15-12-28(16(2)11-27(15)13-18-4-7-20(25)8-5-18)23(30)14-31-22-9-6-19(24)10-21(22)26-17(3)29/h4-10,15-16H,11-14H2,1-3H3,(H,26,29)/t15-,16+/m1/s1. The van der Waals surface area contributed by atoms with Crippen LogP contribution in [0, 0.1) is 5.82 Å². The van der Waals surface area contributed by atoms with Gasteiger partial charge < -0.3 is 15.0 Å². The summed E-state index contributed by atoms with van der Waals surface area (Å²) in [5.74, 6) is -0.228. The number of halogens is 2. The third-order valence-electron chi connectivity index (χ3n) is 5.34. The maximum Gasteiger partial charge on any atom is 0.260 e. The van der Waals surface area contributed by atoms with E-state index in [4.69, 9.17) is 16.3 Å². The van der Waals surface area contributed by atoms with Gasteiger partial charge in [0.15, 0.2) is 6.61 Å². The predicted molar refractivity (Wildman–Crippen MR) is 119 cm³/mol. The Morgan fingerprint density at radius 3 is 2.52 bits per heavy atom. The van der Waals surface area contributed by atoms with Crippen LogP contribution >= 0.6 is 11.6 Å². The second-order valence-electron chi connectivity index (χ2n) is 7.91. The number of carbonyl (C=O) groups excluding carboxylic acids is 2. The molecule has 2 atom stereocenters. The van der Waals surface area contributed by atoms with Crippen LogP contribution in [-0.2, 0) is 16.1 Å². The Morgan fingerprint density at radius 2 is 1.84 bits per heavy atom. The summed E-state index contributed by atoms with van der Waals surface area (Å²) >= 11 is 5.99. The number of anilines is 1. The highest BCUT2D eigenvalue weighted by molar-refractivity contribution is 6.31. The van der Waals surface area contributed by atoms with Crippen molar-refractivity contribution >= 4 is 29.1 Å². The maximum atomic E-state index is 13.1. The van der Waals surface area contributed by atoms with Crippen molar-refractivity contribution in [1.29, 1.82) is 0 Å². The number of rotatable bonds is 6. The number of amides is 2. The fourth-order valence-electron chi connectivity index (χ4n) is 3.73. The molecule has 0 saturated carbocycles. The first-order valence-corrected chi connectivity index (χ1v) is 10.6. The molecule has 8 heteroatoms. The van der Waals surface area contributed by atoms with Crippen molar-refractivity contribution in [2.75, 3.05) is 25.0 Å². The number of nitrogens with zero attached hydrogens (tertiary/aromatic N) is 2. The van der Waals surface area contributed by atoms with E-state index < -0.39 is 0 Å². The highest BCUT2D eigenvalue weighted by atomic mass is 35.5. The summed E-state index contributed by atoms with van der Waals surface area (Å²) in [7, 11) is 0. The van der Waals surface area contributed by atoms with Gasteiger partial charge in [-0.25, -0.2) is 4.39 Å². The minimum atomic E-state index is -0.252. The third kappa shape index (κ3) is 6.18. The van der Waals surface area contributed by atoms with Gasteiger partial charge in [-0.05, 0) is 49.7 Å².